The van der Waals surface area contributed by atoms with Crippen LogP contribution in [-0.4, -0.2) is 43.5 Å². The number of azo groups is 3. The normalized spacial score (nSPS) is 11.2. The Morgan fingerprint density at radius 2 is 0.981 bits per heavy atom. The zero-order chi connectivity index (χ0) is 37.0. The van der Waals surface area contributed by atoms with Crippen LogP contribution in [0.5, 0.6) is 17.2 Å². The lowest BCUT2D eigenvalue weighted by Gasteiger charge is -2.07. The fourth-order valence-corrected chi connectivity index (χ4v) is 4.28. The number of phenols is 1. The zero-order valence-corrected chi connectivity index (χ0v) is 28.9. The highest BCUT2D eigenvalue weighted by Gasteiger charge is 2.05. The third-order valence-electron chi connectivity index (χ3n) is 7.08. The average molecular weight is 705 g/mol. The molecule has 13 heteroatoms. The third-order valence-corrected chi connectivity index (χ3v) is 7.08. The number of nitrogens with zero attached hydrogens (tertiary/aromatic N) is 6. The molecule has 268 valence electrons. The number of hydrogen-bond acceptors (Lipinski definition) is 13. The number of carbonyl (C=O) groups excluding carboxylic acids is 2. The molecule has 52 heavy (non-hydrogen) atoms. The molecular weight excluding hydrogens is 664 g/mol. The maximum Gasteiger partial charge on any atom is 0.330 e. The van der Waals surface area contributed by atoms with Crippen LogP contribution in [-0.2, 0) is 19.1 Å². The molecule has 0 unspecified atom stereocenters. The molecule has 0 amide bonds. The molecule has 4 aromatic carbocycles. The maximum atomic E-state index is 11.0. The van der Waals surface area contributed by atoms with Gasteiger partial charge < -0.3 is 24.1 Å². The van der Waals surface area contributed by atoms with Crippen LogP contribution in [0.4, 0.5) is 34.1 Å². The van der Waals surface area contributed by atoms with Crippen molar-refractivity contribution in [1.29, 1.82) is 0 Å². The van der Waals surface area contributed by atoms with E-state index in [-0.39, 0.29) is 5.75 Å². The van der Waals surface area contributed by atoms with Crippen LogP contribution in [0.3, 0.4) is 0 Å². The molecule has 0 atom stereocenters. The van der Waals surface area contributed by atoms with Crippen LogP contribution in [0.25, 0.3) is 0 Å². The standard InChI is InChI=1S/C39H40N6O7/c1-4-38(47)51-24-8-6-22-49-33-17-14-31(15-18-33)40-43-32-16-20-35(28(3)26-32)44-41-29-10-12-30(13-11-29)42-45-36-21-19-34(27-37(36)46)50-23-7-9-25-52-39(48)5-2/h4-5,10-21,26-27,46H,1-2,6-9,22-25H2,3H3. The summed E-state index contributed by atoms with van der Waals surface area (Å²) >= 11 is 0. The fraction of sp³-hybridized carbons (Fsp3) is 0.231. The molecule has 0 fully saturated rings. The molecule has 0 aliphatic heterocycles. The van der Waals surface area contributed by atoms with Gasteiger partial charge in [-0.3, -0.25) is 0 Å². The van der Waals surface area contributed by atoms with E-state index >= 15 is 0 Å². The van der Waals surface area contributed by atoms with E-state index in [4.69, 9.17) is 18.9 Å². The summed E-state index contributed by atoms with van der Waals surface area (Å²) in [6, 6.07) is 24.7. The van der Waals surface area contributed by atoms with E-state index < -0.39 is 11.9 Å². The van der Waals surface area contributed by atoms with E-state index in [0.29, 0.717) is 85.6 Å². The number of unbranched alkanes of at least 4 members (excludes halogenated alkanes) is 2. The number of esters is 2. The Hall–Kier alpha value is -6.50. The molecule has 1 N–H and O–H groups in total. The van der Waals surface area contributed by atoms with Crippen molar-refractivity contribution in [2.45, 2.75) is 32.6 Å². The molecule has 0 spiro atoms. The molecule has 4 rings (SSSR count). The summed E-state index contributed by atoms with van der Waals surface area (Å²) in [6.07, 6.45) is 5.06. The van der Waals surface area contributed by atoms with E-state index in [1.807, 2.05) is 49.4 Å². The summed E-state index contributed by atoms with van der Waals surface area (Å²) in [5, 5.41) is 36.1. The van der Waals surface area contributed by atoms with Crippen molar-refractivity contribution in [2.75, 3.05) is 26.4 Å². The van der Waals surface area contributed by atoms with Crippen LogP contribution in [0.15, 0.2) is 141 Å². The van der Waals surface area contributed by atoms with Gasteiger partial charge in [-0.1, -0.05) is 13.2 Å². The van der Waals surface area contributed by atoms with Gasteiger partial charge in [0.05, 0.1) is 54.9 Å². The highest BCUT2D eigenvalue weighted by atomic mass is 16.5. The van der Waals surface area contributed by atoms with Gasteiger partial charge in [-0.15, -0.1) is 5.11 Å². The minimum absolute atomic E-state index is 0.0650. The van der Waals surface area contributed by atoms with Crippen LogP contribution < -0.4 is 9.47 Å². The number of phenolic OH excluding ortho intramolecular Hbond substituents is 1. The Kier molecular flexibility index (Phi) is 15.4. The van der Waals surface area contributed by atoms with E-state index in [1.54, 1.807) is 36.4 Å². The first-order valence-electron chi connectivity index (χ1n) is 16.6. The predicted molar refractivity (Wildman–Crippen MR) is 196 cm³/mol. The molecule has 4 aromatic rings. The van der Waals surface area contributed by atoms with Crippen molar-refractivity contribution in [3.05, 3.63) is 116 Å². The summed E-state index contributed by atoms with van der Waals surface area (Å²) in [5.41, 5.74) is 4.44. The van der Waals surface area contributed by atoms with Crippen LogP contribution >= 0.6 is 0 Å². The van der Waals surface area contributed by atoms with Gasteiger partial charge in [0, 0.05) is 18.2 Å². The first-order valence-corrected chi connectivity index (χ1v) is 16.6. The molecule has 0 aliphatic carbocycles. The maximum absolute atomic E-state index is 11.0. The number of aromatic hydroxyl groups is 1. The number of aryl methyl sites for hydroxylation is 1. The summed E-state index contributed by atoms with van der Waals surface area (Å²) in [5.74, 6) is 0.278. The average Bonchev–Trinajstić information content (AvgIpc) is 3.16. The van der Waals surface area contributed by atoms with Gasteiger partial charge in [0.2, 0.25) is 0 Å². The monoisotopic (exact) mass is 704 g/mol. The van der Waals surface area contributed by atoms with Crippen molar-refractivity contribution in [3.63, 3.8) is 0 Å². The lowest BCUT2D eigenvalue weighted by atomic mass is 10.2. The van der Waals surface area contributed by atoms with Crippen LogP contribution in [0.2, 0.25) is 0 Å². The van der Waals surface area contributed by atoms with Gasteiger partial charge in [-0.25, -0.2) is 9.59 Å². The van der Waals surface area contributed by atoms with E-state index in [0.717, 1.165) is 29.9 Å². The molecule has 13 nitrogen and oxygen atoms in total. The van der Waals surface area contributed by atoms with Crippen molar-refractivity contribution in [2.24, 2.45) is 30.7 Å². The second-order valence-electron chi connectivity index (χ2n) is 11.1. The minimum atomic E-state index is -0.449. The summed E-state index contributed by atoms with van der Waals surface area (Å²) in [6.45, 7) is 10.2. The zero-order valence-electron chi connectivity index (χ0n) is 28.9. The first kappa shape index (κ1) is 38.3. The van der Waals surface area contributed by atoms with E-state index in [9.17, 15) is 14.7 Å². The number of carbonyl (C=O) groups is 2. The Balaban J connectivity index is 1.21. The first-order chi connectivity index (χ1) is 25.3. The van der Waals surface area contributed by atoms with E-state index in [1.165, 1.54) is 6.07 Å². The Labute approximate surface area is 302 Å². The number of ether oxygens (including phenoxy) is 4. The Morgan fingerprint density at radius 3 is 1.52 bits per heavy atom. The Morgan fingerprint density at radius 1 is 0.558 bits per heavy atom. The number of hydrogen-bond donors (Lipinski definition) is 1. The van der Waals surface area contributed by atoms with Crippen molar-refractivity contribution in [3.8, 4) is 17.2 Å². The van der Waals surface area contributed by atoms with Gasteiger partial charge >= 0.3 is 11.9 Å². The predicted octanol–water partition coefficient (Wildman–Crippen LogP) is 10.7. The SMILES string of the molecule is C=CC(=O)OCCCCOc1ccc(N=Nc2ccc(N=Nc3ccc(N=Nc4ccc(OCCCCOC(=O)C=C)cc4O)cc3)c(C)c2)cc1. The summed E-state index contributed by atoms with van der Waals surface area (Å²) < 4.78 is 21.2. The Bertz CT molecular complexity index is 1890. The van der Waals surface area contributed by atoms with Gasteiger partial charge in [0.15, 0.2) is 0 Å². The highest BCUT2D eigenvalue weighted by molar-refractivity contribution is 5.81. The lowest BCUT2D eigenvalue weighted by molar-refractivity contribution is -0.138. The molecule has 0 aliphatic rings. The molecule has 0 aromatic heterocycles. The molecule has 0 bridgehead atoms. The summed E-state index contributed by atoms with van der Waals surface area (Å²) in [7, 11) is 0. The lowest BCUT2D eigenvalue weighted by Crippen LogP contribution is -2.04. The van der Waals surface area contributed by atoms with Crippen LogP contribution in [0.1, 0.15) is 31.2 Å². The second kappa shape index (κ2) is 20.9. The fourth-order valence-electron chi connectivity index (χ4n) is 4.28. The van der Waals surface area contributed by atoms with Gasteiger partial charge in [-0.2, -0.15) is 25.6 Å². The highest BCUT2D eigenvalue weighted by Crippen LogP contribution is 2.33. The van der Waals surface area contributed by atoms with Crippen LogP contribution in [0, 0.1) is 6.92 Å². The van der Waals surface area contributed by atoms with E-state index in [2.05, 4.69) is 43.8 Å². The smallest absolute Gasteiger partial charge is 0.330 e. The van der Waals surface area contributed by atoms with Crippen molar-refractivity contribution >= 4 is 46.1 Å². The topological polar surface area (TPSA) is 165 Å². The van der Waals surface area contributed by atoms with Gasteiger partial charge in [0.25, 0.3) is 0 Å². The van der Waals surface area contributed by atoms with Crippen molar-refractivity contribution < 1.29 is 33.6 Å². The quantitative estimate of drug-likeness (QED) is 0.0413. The molecule has 0 saturated heterocycles. The van der Waals surface area contributed by atoms with Crippen molar-refractivity contribution in [1.82, 2.24) is 0 Å². The third kappa shape index (κ3) is 13.4. The molecule has 0 heterocycles. The number of rotatable bonds is 20. The molecule has 0 saturated carbocycles. The van der Waals surface area contributed by atoms with Gasteiger partial charge in [0.1, 0.15) is 22.9 Å². The largest absolute Gasteiger partial charge is 0.505 e. The minimum Gasteiger partial charge on any atom is -0.505 e. The summed E-state index contributed by atoms with van der Waals surface area (Å²) in [4.78, 5) is 22.1. The number of benzene rings is 4. The second-order valence-corrected chi connectivity index (χ2v) is 11.1. The molecule has 0 radical (unpaired) electrons. The molecular formula is C39H40N6O7. The van der Waals surface area contributed by atoms with Gasteiger partial charge in [-0.05, 0) is 117 Å².